The average molecular weight is 847 g/mol. The Labute approximate surface area is 362 Å². The van der Waals surface area contributed by atoms with Gasteiger partial charge in [-0.15, -0.1) is 0 Å². The highest BCUT2D eigenvalue weighted by molar-refractivity contribution is 6.16. The monoisotopic (exact) mass is 846 g/mol. The first-order chi connectivity index (χ1) is 29.6. The van der Waals surface area contributed by atoms with Gasteiger partial charge in [0.05, 0.1) is 38.8 Å². The van der Waals surface area contributed by atoms with Gasteiger partial charge in [-0.25, -0.2) is 28.8 Å². The van der Waals surface area contributed by atoms with Crippen molar-refractivity contribution in [2.24, 2.45) is 0 Å². The van der Waals surface area contributed by atoms with Crippen LogP contribution in [-0.4, -0.2) is 56.2 Å². The van der Waals surface area contributed by atoms with Crippen LogP contribution in [0.2, 0.25) is 0 Å². The van der Waals surface area contributed by atoms with Gasteiger partial charge in [0.2, 0.25) is 0 Å². The summed E-state index contributed by atoms with van der Waals surface area (Å²) in [5, 5.41) is 38.9. The number of aromatic carboxylic acids is 2. The Morgan fingerprint density at radius 2 is 0.794 bits per heavy atom. The molecule has 12 heteroatoms. The number of carboxylic acids is 2. The molecule has 6 aromatic carbocycles. The smallest absolute Gasteiger partial charge is 0.346 e. The number of fused-ring (bicyclic) bond motifs is 5. The molecular weight excluding hydrogens is 805 g/mol. The number of phenolic OH excluding ortho intramolecular Hbond substituents is 2. The molecule has 6 aromatic rings. The van der Waals surface area contributed by atoms with Gasteiger partial charge in [0.25, 0.3) is 0 Å². The van der Waals surface area contributed by atoms with Crippen molar-refractivity contribution < 1.29 is 58.7 Å². The number of benzene rings is 6. The predicted octanol–water partition coefficient (Wildman–Crippen LogP) is 9.45. The van der Waals surface area contributed by atoms with Gasteiger partial charge in [0.1, 0.15) is 11.5 Å². The lowest BCUT2D eigenvalue weighted by atomic mass is 9.66. The lowest BCUT2D eigenvalue weighted by Gasteiger charge is -2.36. The minimum Gasteiger partial charge on any atom is -0.508 e. The van der Waals surface area contributed by atoms with Gasteiger partial charge in [-0.05, 0) is 104 Å². The molecule has 63 heavy (non-hydrogen) atoms. The summed E-state index contributed by atoms with van der Waals surface area (Å²) in [6.07, 6.45) is 0. The van der Waals surface area contributed by atoms with E-state index in [-0.39, 0.29) is 44.2 Å². The van der Waals surface area contributed by atoms with E-state index in [1.165, 1.54) is 46.5 Å². The van der Waals surface area contributed by atoms with Crippen LogP contribution in [0, 0.1) is 0 Å². The zero-order chi connectivity index (χ0) is 45.8. The predicted molar refractivity (Wildman–Crippen MR) is 231 cm³/mol. The van der Waals surface area contributed by atoms with E-state index in [0.29, 0.717) is 11.5 Å². The molecule has 0 saturated heterocycles. The van der Waals surface area contributed by atoms with E-state index in [9.17, 15) is 39.0 Å². The van der Waals surface area contributed by atoms with Crippen LogP contribution in [0.5, 0.6) is 11.5 Å². The molecule has 0 bridgehead atoms. The minimum absolute atomic E-state index is 0.00917. The third-order valence-electron chi connectivity index (χ3n) is 11.2. The third-order valence-corrected chi connectivity index (χ3v) is 11.2. The number of rotatable bonds is 4. The molecule has 0 unspecified atom stereocenters. The molecule has 0 radical (unpaired) electrons. The van der Waals surface area contributed by atoms with E-state index in [2.05, 4.69) is 124 Å². The van der Waals surface area contributed by atoms with Crippen molar-refractivity contribution >= 4 is 35.8 Å². The van der Waals surface area contributed by atoms with E-state index in [0.717, 1.165) is 34.4 Å². The van der Waals surface area contributed by atoms with Gasteiger partial charge in [0, 0.05) is 0 Å². The number of phenols is 2. The lowest BCUT2D eigenvalue weighted by molar-refractivity contribution is 0.0425. The van der Waals surface area contributed by atoms with Crippen molar-refractivity contribution in [3.8, 4) is 22.6 Å². The maximum absolute atomic E-state index is 11.0. The fraction of sp³-hybridized carbons (Fsp3) is 0.176. The SMILES string of the molecule is CC(C)(C)c1cc(C2(c3ccc(O)c(C(C)(C)C)c3)c3ccccc3-c3ccccc32)ccc1O.O=C(O)c1ccc2c(c1)C(=O)OC2=O.O=C(O)c1ccc2c(c1)C(=O)OC2=O. The van der Waals surface area contributed by atoms with Crippen LogP contribution in [0.15, 0.2) is 121 Å². The van der Waals surface area contributed by atoms with E-state index < -0.39 is 41.2 Å². The minimum atomic E-state index is -1.15. The van der Waals surface area contributed by atoms with E-state index >= 15 is 0 Å². The summed E-state index contributed by atoms with van der Waals surface area (Å²) >= 11 is 0. The van der Waals surface area contributed by atoms with Crippen molar-refractivity contribution in [2.75, 3.05) is 0 Å². The van der Waals surface area contributed by atoms with E-state index in [1.807, 2.05) is 12.1 Å². The van der Waals surface area contributed by atoms with E-state index in [4.69, 9.17) is 10.2 Å². The van der Waals surface area contributed by atoms with Crippen LogP contribution >= 0.6 is 0 Å². The largest absolute Gasteiger partial charge is 0.508 e. The molecule has 2 heterocycles. The molecule has 1 aliphatic carbocycles. The topological polar surface area (TPSA) is 202 Å². The molecule has 4 N–H and O–H groups in total. The van der Waals surface area contributed by atoms with Crippen molar-refractivity contribution in [1.82, 2.24) is 0 Å². The first-order valence-corrected chi connectivity index (χ1v) is 19.8. The Hall–Kier alpha value is -7.86. The number of hydrogen-bond acceptors (Lipinski definition) is 10. The summed E-state index contributed by atoms with van der Waals surface area (Å²) in [7, 11) is 0. The second-order valence-electron chi connectivity index (χ2n) is 17.3. The zero-order valence-corrected chi connectivity index (χ0v) is 35.1. The second-order valence-corrected chi connectivity index (χ2v) is 17.3. The highest BCUT2D eigenvalue weighted by Gasteiger charge is 2.47. The van der Waals surface area contributed by atoms with Crippen molar-refractivity contribution in [3.63, 3.8) is 0 Å². The number of aromatic hydroxyl groups is 2. The molecule has 0 aromatic heterocycles. The Morgan fingerprint density at radius 1 is 0.444 bits per heavy atom. The molecule has 3 aliphatic rings. The van der Waals surface area contributed by atoms with Crippen molar-refractivity contribution in [1.29, 1.82) is 0 Å². The Bertz CT molecular complexity index is 2730. The summed E-state index contributed by atoms with van der Waals surface area (Å²) in [5.41, 5.74) is 8.09. The van der Waals surface area contributed by atoms with Gasteiger partial charge in [-0.2, -0.15) is 0 Å². The lowest BCUT2D eigenvalue weighted by Crippen LogP contribution is -2.30. The molecule has 2 aliphatic heterocycles. The van der Waals surface area contributed by atoms with Crippen LogP contribution in [0.1, 0.15) is 137 Å². The third kappa shape index (κ3) is 7.71. The molecular formula is C51H42O12. The maximum atomic E-state index is 11.0. The number of hydrogen-bond donors (Lipinski definition) is 4. The first kappa shape index (κ1) is 43.2. The fourth-order valence-electron chi connectivity index (χ4n) is 8.20. The second kappa shape index (κ2) is 15.9. The maximum Gasteiger partial charge on any atom is 0.346 e. The van der Waals surface area contributed by atoms with Crippen LogP contribution in [0.25, 0.3) is 11.1 Å². The van der Waals surface area contributed by atoms with Gasteiger partial charge in [-0.3, -0.25) is 0 Å². The number of carboxylic acid groups (broad SMARTS) is 2. The molecule has 0 saturated carbocycles. The van der Waals surface area contributed by atoms with Gasteiger partial charge < -0.3 is 29.9 Å². The van der Waals surface area contributed by atoms with Crippen LogP contribution < -0.4 is 0 Å². The Kier molecular flexibility index (Phi) is 10.9. The molecule has 0 atom stereocenters. The molecule has 0 spiro atoms. The summed E-state index contributed by atoms with van der Waals surface area (Å²) in [4.78, 5) is 65.1. The van der Waals surface area contributed by atoms with Gasteiger partial charge >= 0.3 is 35.8 Å². The normalized spacial score (nSPS) is 14.1. The summed E-state index contributed by atoms with van der Waals surface area (Å²) in [6.45, 7) is 12.8. The number of cyclic esters (lactones) is 4. The fourth-order valence-corrected chi connectivity index (χ4v) is 8.20. The first-order valence-electron chi connectivity index (χ1n) is 19.8. The van der Waals surface area contributed by atoms with Crippen LogP contribution in [-0.2, 0) is 25.7 Å². The standard InChI is InChI=1S/C33H34O2.2C9H4O5/c1-31(2,3)27-19-21(15-17-29(27)34)33(22-16-18-30(35)28(20-22)32(4,5)6)25-13-9-7-11-23(25)24-12-8-10-14-26(24)33;2*10-7(11)4-1-2-5-6(3-4)9(13)14-8(5)12/h7-20,34-35H,1-6H3;2*1-3H,(H,10,11). The van der Waals surface area contributed by atoms with Gasteiger partial charge in [0.15, 0.2) is 0 Å². The number of esters is 4. The van der Waals surface area contributed by atoms with Gasteiger partial charge in [-0.1, -0.05) is 114 Å². The molecule has 318 valence electrons. The summed E-state index contributed by atoms with van der Waals surface area (Å²) < 4.78 is 8.59. The summed E-state index contributed by atoms with van der Waals surface area (Å²) in [5.74, 6) is -4.74. The number of carbonyl (C=O) groups is 6. The van der Waals surface area contributed by atoms with Crippen LogP contribution in [0.4, 0.5) is 0 Å². The van der Waals surface area contributed by atoms with E-state index in [1.54, 1.807) is 0 Å². The highest BCUT2D eigenvalue weighted by atomic mass is 16.6. The average Bonchev–Trinajstić information content (AvgIpc) is 3.82. The van der Waals surface area contributed by atoms with Crippen molar-refractivity contribution in [3.05, 3.63) is 188 Å². The Balaban J connectivity index is 0.000000173. The van der Waals surface area contributed by atoms with Crippen LogP contribution in [0.3, 0.4) is 0 Å². The zero-order valence-electron chi connectivity index (χ0n) is 35.1. The molecule has 9 rings (SSSR count). The summed E-state index contributed by atoms with van der Waals surface area (Å²) in [6, 6.07) is 36.7. The molecule has 0 fully saturated rings. The quantitative estimate of drug-likeness (QED) is 0.0967. The van der Waals surface area contributed by atoms with Crippen molar-refractivity contribution in [2.45, 2.75) is 57.8 Å². The Morgan fingerprint density at radius 3 is 1.14 bits per heavy atom. The highest BCUT2D eigenvalue weighted by Crippen LogP contribution is 2.57. The molecule has 0 amide bonds. The number of ether oxygens (including phenoxy) is 2. The number of carbonyl (C=O) groups excluding carboxylic acids is 4. The molecule has 12 nitrogen and oxygen atoms in total.